The number of nitrogens with zero attached hydrogens (tertiary/aromatic N) is 7. The standard InChI is InChI=1S/C69H96N8O23S/c1-5-56-45(2)34-54(95-56)16-19-69-20-17-57(98-69)59-38-61(99-69)67-58(97-59)12-11-53(96-67)35-51(78)36-55-46(3)94-60(66(55)86-4)37-52(79)41-72-68(83)93-43-47-6-9-50(10-7-47)76(101(84,85)62-13-8-48(39-70)40-71-62)22-25-89-28-31-90-30-27-88-24-21-75-42-49(73-74-75)44-92-33-32-91-29-26-87-23-18-65(82)100-77-63(80)14-15-64(77)81/h6-10,13,40,42,46,52-61,66-67,79H,2,5,11-12,14-38,41,43-44H2,1,3-4H3,(H,72,83)/t46-,52-,53+,54-,55-,56-,57-,58-,59?,60+,61+,66+,67-,69-/m0/s1. The molecule has 7 aliphatic rings. The van der Waals surface area contributed by atoms with Gasteiger partial charge in [-0.15, -0.1) is 10.2 Å². The van der Waals surface area contributed by atoms with Crippen molar-refractivity contribution < 1.29 is 109 Å². The van der Waals surface area contributed by atoms with E-state index in [-0.39, 0.29) is 194 Å². The van der Waals surface area contributed by atoms with Crippen LogP contribution >= 0.6 is 0 Å². The SMILES string of the molecule is C=C1C[C@H](CC[C@]23CC[C@H](O2)C2C[C@@H](O3)[C@H]3O[C@@H](CC(=O)C[C@@H]4[C@@H](OC)[C@@H](C[C@H](O)CNC(=O)OCc5ccc(N(CCOCCOCCOCCn6cc(COCCOCCOCCC(=O)ON7C(=O)CCC7=O)nn6)S(=O)(=O)c6ccc(C#N)cn6)cc5)O[C@H]4C)CC[C@@H]3O2)O[C@H]1CC. The van der Waals surface area contributed by atoms with Crippen LogP contribution in [0.1, 0.15) is 127 Å². The van der Waals surface area contributed by atoms with Crippen LogP contribution in [-0.4, -0.2) is 240 Å². The first kappa shape index (κ1) is 77.1. The summed E-state index contributed by atoms with van der Waals surface area (Å²) in [5.41, 5.74) is 2.78. The number of hydroxylamine groups is 2. The molecule has 0 radical (unpaired) electrons. The highest BCUT2D eigenvalue weighted by Crippen LogP contribution is 2.49. The van der Waals surface area contributed by atoms with Crippen LogP contribution in [0, 0.1) is 17.2 Å². The number of imide groups is 1. The molecule has 101 heavy (non-hydrogen) atoms. The molecular formula is C69H96N8O23S. The Morgan fingerprint density at radius 1 is 0.832 bits per heavy atom. The van der Waals surface area contributed by atoms with Crippen LogP contribution in [0.3, 0.4) is 0 Å². The Labute approximate surface area is 588 Å². The Morgan fingerprint density at radius 2 is 1.54 bits per heavy atom. The zero-order valence-corrected chi connectivity index (χ0v) is 58.5. The maximum Gasteiger partial charge on any atom is 0.407 e. The molecule has 7 saturated heterocycles. The highest BCUT2D eigenvalue weighted by Gasteiger charge is 2.57. The zero-order chi connectivity index (χ0) is 71.3. The Kier molecular flexibility index (Phi) is 28.8. The van der Waals surface area contributed by atoms with Gasteiger partial charge in [-0.1, -0.05) is 30.8 Å². The number of anilines is 1. The molecule has 3 amide bonds. The van der Waals surface area contributed by atoms with Crippen LogP contribution in [-0.2, 0) is 120 Å². The number of aromatic nitrogens is 4. The summed E-state index contributed by atoms with van der Waals surface area (Å²) in [5, 5.41) is 31.5. The molecular weight excluding hydrogens is 1340 g/mol. The molecule has 2 N–H and O–H groups in total. The normalized spacial score (nSPS) is 27.3. The largest absolute Gasteiger partial charge is 0.445 e. The van der Waals surface area contributed by atoms with Gasteiger partial charge in [0, 0.05) is 77.1 Å². The number of Topliss-reactive ketones (excluding diaryl/α,β-unsaturated/α-hetero) is 1. The van der Waals surface area contributed by atoms with Gasteiger partial charge in [0.05, 0.1) is 183 Å². The number of aliphatic hydroxyl groups is 1. The summed E-state index contributed by atoms with van der Waals surface area (Å²) in [6.07, 6.45) is 6.41. The minimum Gasteiger partial charge on any atom is -0.445 e. The molecule has 1 aromatic carbocycles. The third-order valence-corrected chi connectivity index (χ3v) is 20.7. The van der Waals surface area contributed by atoms with Crippen molar-refractivity contribution in [3.05, 3.63) is 77.8 Å². The number of pyridine rings is 1. The van der Waals surface area contributed by atoms with Crippen LogP contribution in [0.25, 0.3) is 0 Å². The Morgan fingerprint density at radius 3 is 2.25 bits per heavy atom. The van der Waals surface area contributed by atoms with Gasteiger partial charge in [0.15, 0.2) is 10.8 Å². The van der Waals surface area contributed by atoms with E-state index in [0.717, 1.165) is 54.8 Å². The van der Waals surface area contributed by atoms with Gasteiger partial charge in [-0.3, -0.25) is 18.7 Å². The summed E-state index contributed by atoms with van der Waals surface area (Å²) in [6, 6.07) is 10.9. The lowest BCUT2D eigenvalue weighted by molar-refractivity contribution is -0.276. The van der Waals surface area contributed by atoms with Gasteiger partial charge in [-0.05, 0) is 80.9 Å². The molecule has 7 fully saturated rings. The number of ketones is 1. The average Bonchev–Trinajstić information content (AvgIpc) is 1.67. The summed E-state index contributed by atoms with van der Waals surface area (Å²) in [7, 11) is -2.69. The molecule has 9 heterocycles. The fourth-order valence-corrected chi connectivity index (χ4v) is 15.2. The number of carbonyl (C=O) groups excluding carboxylic acids is 5. The molecule has 3 aromatic rings. The van der Waals surface area contributed by atoms with E-state index in [1.165, 1.54) is 18.3 Å². The van der Waals surface area contributed by atoms with E-state index in [1.807, 2.05) is 13.0 Å². The van der Waals surface area contributed by atoms with Crippen molar-refractivity contribution in [2.45, 2.75) is 214 Å². The van der Waals surface area contributed by atoms with E-state index in [4.69, 9.17) is 71.2 Å². The topological polar surface area (TPSA) is 364 Å². The lowest BCUT2D eigenvalue weighted by Gasteiger charge is -2.47. The van der Waals surface area contributed by atoms with Crippen LogP contribution in [0.15, 0.2) is 66.0 Å². The number of aliphatic hydroxyl groups excluding tert-OH is 1. The highest BCUT2D eigenvalue weighted by molar-refractivity contribution is 7.92. The lowest BCUT2D eigenvalue weighted by Crippen LogP contribution is -2.56. The lowest BCUT2D eigenvalue weighted by atomic mass is 9.85. The third-order valence-electron chi connectivity index (χ3n) is 19.0. The van der Waals surface area contributed by atoms with Gasteiger partial charge >= 0.3 is 12.1 Å². The predicted octanol–water partition coefficient (Wildman–Crippen LogP) is 4.67. The van der Waals surface area contributed by atoms with Gasteiger partial charge < -0.3 is 81.6 Å². The quantitative estimate of drug-likeness (QED) is 0.0442. The first-order valence-electron chi connectivity index (χ1n) is 35.1. The zero-order valence-electron chi connectivity index (χ0n) is 57.7. The summed E-state index contributed by atoms with van der Waals surface area (Å²) < 4.78 is 115. The van der Waals surface area contributed by atoms with Crippen LogP contribution < -0.4 is 9.62 Å². The number of benzene rings is 1. The second kappa shape index (κ2) is 37.8. The number of nitrogens with one attached hydrogen (secondary N) is 1. The first-order chi connectivity index (χ1) is 48.9. The van der Waals surface area contributed by atoms with Crippen LogP contribution in [0.5, 0.6) is 0 Å². The number of methoxy groups -OCH3 is 1. The number of amides is 3. The minimum absolute atomic E-state index is 0.0162. The molecule has 31 nitrogen and oxygen atoms in total. The average molecular weight is 1440 g/mol. The highest BCUT2D eigenvalue weighted by atomic mass is 32.2. The van der Waals surface area contributed by atoms with E-state index >= 15 is 0 Å². The molecule has 1 unspecified atom stereocenters. The number of hydrogen-bond donors (Lipinski definition) is 2. The van der Waals surface area contributed by atoms with Crippen molar-refractivity contribution in [1.82, 2.24) is 30.4 Å². The second-order valence-electron chi connectivity index (χ2n) is 26.2. The molecule has 4 bridgehead atoms. The number of fused-ring (bicyclic) bond motifs is 7. The fourth-order valence-electron chi connectivity index (χ4n) is 13.8. The van der Waals surface area contributed by atoms with Crippen molar-refractivity contribution >= 4 is 45.4 Å². The summed E-state index contributed by atoms with van der Waals surface area (Å²) >= 11 is 0. The number of sulfonamides is 1. The predicted molar refractivity (Wildman–Crippen MR) is 352 cm³/mol. The first-order valence-corrected chi connectivity index (χ1v) is 36.5. The van der Waals surface area contributed by atoms with E-state index in [0.29, 0.717) is 62.1 Å². The number of alkyl carbamates (subject to hydrolysis) is 1. The molecule has 32 heteroatoms. The van der Waals surface area contributed by atoms with Crippen molar-refractivity contribution in [2.24, 2.45) is 5.92 Å². The maximum absolute atomic E-state index is 14.0. The number of ether oxygens (including phenoxy) is 14. The molecule has 2 aromatic heterocycles. The summed E-state index contributed by atoms with van der Waals surface area (Å²) in [5.74, 6) is -2.79. The van der Waals surface area contributed by atoms with Crippen LogP contribution in [0.4, 0.5) is 10.5 Å². The summed E-state index contributed by atoms with van der Waals surface area (Å²) in [6.45, 7) is 10.9. The molecule has 0 spiro atoms. The Balaban J connectivity index is 0.579. The molecule has 14 atom stereocenters. The number of nitriles is 1. The van der Waals surface area contributed by atoms with Crippen molar-refractivity contribution in [3.63, 3.8) is 0 Å². The van der Waals surface area contributed by atoms with Gasteiger partial charge in [0.25, 0.3) is 21.8 Å². The maximum atomic E-state index is 14.0. The van der Waals surface area contributed by atoms with E-state index in [1.54, 1.807) is 42.3 Å². The Bertz CT molecular complexity index is 3350. The van der Waals surface area contributed by atoms with Gasteiger partial charge in [0.1, 0.15) is 30.3 Å². The van der Waals surface area contributed by atoms with E-state index in [9.17, 15) is 42.8 Å². The smallest absolute Gasteiger partial charge is 0.407 e. The van der Waals surface area contributed by atoms with E-state index in [2.05, 4.69) is 34.1 Å². The monoisotopic (exact) mass is 1440 g/mol. The van der Waals surface area contributed by atoms with Gasteiger partial charge in [-0.2, -0.15) is 13.7 Å². The van der Waals surface area contributed by atoms with Gasteiger partial charge in [-0.25, -0.2) is 19.3 Å². The third kappa shape index (κ3) is 21.8. The molecule has 0 saturated carbocycles. The molecule has 10 rings (SSSR count). The summed E-state index contributed by atoms with van der Waals surface area (Å²) in [4.78, 5) is 70.6. The molecule has 7 aliphatic heterocycles. The second-order valence-corrected chi connectivity index (χ2v) is 28.0. The van der Waals surface area contributed by atoms with Gasteiger partial charge in [0.2, 0.25) is 0 Å². The number of rotatable bonds is 42. The van der Waals surface area contributed by atoms with Crippen molar-refractivity contribution in [2.75, 3.05) is 97.2 Å². The van der Waals surface area contributed by atoms with Crippen molar-refractivity contribution in [3.8, 4) is 6.07 Å². The van der Waals surface area contributed by atoms with Crippen LogP contribution in [0.2, 0.25) is 0 Å². The molecule has 556 valence electrons. The number of hydrogen-bond acceptors (Lipinski definition) is 27. The van der Waals surface area contributed by atoms with Crippen molar-refractivity contribution in [1.29, 1.82) is 5.26 Å². The Hall–Kier alpha value is -6.52. The van der Waals surface area contributed by atoms with E-state index < -0.39 is 58.0 Å². The molecule has 0 aliphatic carbocycles. The number of carbonyl (C=O) groups is 5. The fraction of sp³-hybridized carbons (Fsp3) is 0.696. The minimum atomic E-state index is -4.26.